The van der Waals surface area contributed by atoms with Crippen LogP contribution in [0.15, 0.2) is 15.9 Å². The van der Waals surface area contributed by atoms with Crippen molar-refractivity contribution in [3.63, 3.8) is 0 Å². The molecule has 0 bridgehead atoms. The molecule has 1 saturated heterocycles. The van der Waals surface area contributed by atoms with Gasteiger partial charge < -0.3 is 20.1 Å². The van der Waals surface area contributed by atoms with E-state index in [0.29, 0.717) is 11.5 Å². The van der Waals surface area contributed by atoms with Gasteiger partial charge in [0.2, 0.25) is 5.91 Å². The van der Waals surface area contributed by atoms with Crippen molar-refractivity contribution < 1.29 is 24.2 Å². The predicted octanol–water partition coefficient (Wildman–Crippen LogP) is 1.72. The van der Waals surface area contributed by atoms with E-state index < -0.39 is 24.5 Å². The van der Waals surface area contributed by atoms with E-state index in [2.05, 4.69) is 21.2 Å². The van der Waals surface area contributed by atoms with E-state index in [1.54, 1.807) is 19.1 Å². The monoisotopic (exact) mass is 418 g/mol. The van der Waals surface area contributed by atoms with Gasteiger partial charge in [0.1, 0.15) is 12.6 Å². The van der Waals surface area contributed by atoms with Crippen molar-refractivity contribution in [3.05, 3.63) is 20.8 Å². The number of carboxylic acids is 1. The van der Waals surface area contributed by atoms with Gasteiger partial charge in [-0.25, -0.2) is 0 Å². The summed E-state index contributed by atoms with van der Waals surface area (Å²) in [5.74, 6) is -1.89. The van der Waals surface area contributed by atoms with E-state index in [0.717, 1.165) is 16.6 Å². The van der Waals surface area contributed by atoms with E-state index in [-0.39, 0.29) is 18.6 Å². The Morgan fingerprint density at radius 1 is 1.50 bits per heavy atom. The third-order valence-corrected chi connectivity index (χ3v) is 5.22. The summed E-state index contributed by atoms with van der Waals surface area (Å²) in [5, 5.41) is 11.6. The van der Waals surface area contributed by atoms with Crippen LogP contribution in [0.1, 0.15) is 29.4 Å². The average Bonchev–Trinajstić information content (AvgIpc) is 3.16. The summed E-state index contributed by atoms with van der Waals surface area (Å²) in [4.78, 5) is 37.4. The Hall–Kier alpha value is -1.45. The largest absolute Gasteiger partial charge is 0.480 e. The number of halogens is 1. The molecule has 2 amide bonds. The molecule has 2 N–H and O–H groups in total. The molecule has 0 saturated carbocycles. The SMILES string of the molecule is C[C@H](NC(=O)c1ccc(Br)s1)C(=O)N(CC(=O)O)C[C@H]1CCCO1. The molecule has 0 aromatic carbocycles. The molecule has 0 unspecified atom stereocenters. The van der Waals surface area contributed by atoms with Crippen LogP contribution in [0, 0.1) is 0 Å². The second-order valence-electron chi connectivity index (χ2n) is 5.55. The highest BCUT2D eigenvalue weighted by atomic mass is 79.9. The van der Waals surface area contributed by atoms with Gasteiger partial charge in [-0.1, -0.05) is 0 Å². The zero-order chi connectivity index (χ0) is 17.7. The summed E-state index contributed by atoms with van der Waals surface area (Å²) in [6.45, 7) is 1.98. The molecule has 1 aromatic heterocycles. The van der Waals surface area contributed by atoms with Crippen molar-refractivity contribution in [3.8, 4) is 0 Å². The number of nitrogens with one attached hydrogen (secondary N) is 1. The van der Waals surface area contributed by atoms with Gasteiger partial charge in [-0.2, -0.15) is 0 Å². The maximum absolute atomic E-state index is 12.5. The Bertz CT molecular complexity index is 615. The summed E-state index contributed by atoms with van der Waals surface area (Å²) in [7, 11) is 0. The first-order chi connectivity index (χ1) is 11.4. The fourth-order valence-corrected chi connectivity index (χ4v) is 3.76. The Kier molecular flexibility index (Phi) is 6.76. The number of rotatable bonds is 7. The molecule has 0 spiro atoms. The number of hydrogen-bond donors (Lipinski definition) is 2. The number of amides is 2. The van der Waals surface area contributed by atoms with Crippen molar-refractivity contribution in [2.75, 3.05) is 19.7 Å². The second kappa shape index (κ2) is 8.59. The maximum atomic E-state index is 12.5. The quantitative estimate of drug-likeness (QED) is 0.702. The zero-order valence-electron chi connectivity index (χ0n) is 13.2. The molecule has 2 atom stereocenters. The van der Waals surface area contributed by atoms with Crippen LogP contribution in [-0.2, 0) is 14.3 Å². The highest BCUT2D eigenvalue weighted by Crippen LogP contribution is 2.22. The molecule has 0 aliphatic carbocycles. The first-order valence-electron chi connectivity index (χ1n) is 7.55. The molecular formula is C15H19BrN2O5S. The summed E-state index contributed by atoms with van der Waals surface area (Å²) in [6.07, 6.45) is 1.55. The van der Waals surface area contributed by atoms with Crippen LogP contribution in [0.2, 0.25) is 0 Å². The van der Waals surface area contributed by atoms with Crippen molar-refractivity contribution in [1.29, 1.82) is 0 Å². The third kappa shape index (κ3) is 5.29. The molecule has 1 aliphatic heterocycles. The van der Waals surface area contributed by atoms with Crippen LogP contribution >= 0.6 is 27.3 Å². The van der Waals surface area contributed by atoms with Gasteiger partial charge in [0.05, 0.1) is 14.8 Å². The highest BCUT2D eigenvalue weighted by Gasteiger charge is 2.28. The first kappa shape index (κ1) is 18.9. The normalized spacial score (nSPS) is 18.2. The van der Waals surface area contributed by atoms with Gasteiger partial charge in [0.15, 0.2) is 0 Å². The lowest BCUT2D eigenvalue weighted by atomic mass is 10.2. The van der Waals surface area contributed by atoms with E-state index in [1.165, 1.54) is 16.2 Å². The highest BCUT2D eigenvalue weighted by molar-refractivity contribution is 9.11. The number of thiophene rings is 1. The summed E-state index contributed by atoms with van der Waals surface area (Å²) < 4.78 is 6.29. The topological polar surface area (TPSA) is 95.9 Å². The van der Waals surface area contributed by atoms with Crippen molar-refractivity contribution in [1.82, 2.24) is 10.2 Å². The third-order valence-electron chi connectivity index (χ3n) is 3.60. The fourth-order valence-electron chi connectivity index (χ4n) is 2.47. The molecule has 0 radical (unpaired) electrons. The first-order valence-corrected chi connectivity index (χ1v) is 9.16. The molecule has 24 heavy (non-hydrogen) atoms. The predicted molar refractivity (Wildman–Crippen MR) is 92.1 cm³/mol. The van der Waals surface area contributed by atoms with Gasteiger partial charge in [-0.3, -0.25) is 14.4 Å². The van der Waals surface area contributed by atoms with Crippen LogP contribution < -0.4 is 5.32 Å². The number of hydrogen-bond acceptors (Lipinski definition) is 5. The van der Waals surface area contributed by atoms with Gasteiger partial charge in [0.25, 0.3) is 5.91 Å². The van der Waals surface area contributed by atoms with Crippen LogP contribution in [0.4, 0.5) is 0 Å². The number of aliphatic carboxylic acids is 1. The van der Waals surface area contributed by atoms with E-state index in [9.17, 15) is 14.4 Å². The lowest BCUT2D eigenvalue weighted by molar-refractivity contribution is -0.146. The van der Waals surface area contributed by atoms with Gasteiger partial charge in [0, 0.05) is 13.2 Å². The van der Waals surface area contributed by atoms with Crippen LogP contribution in [0.25, 0.3) is 0 Å². The molecule has 9 heteroatoms. The molecule has 2 heterocycles. The van der Waals surface area contributed by atoms with Gasteiger partial charge in [-0.05, 0) is 47.8 Å². The lowest BCUT2D eigenvalue weighted by Crippen LogP contribution is -2.50. The molecule has 132 valence electrons. The Morgan fingerprint density at radius 2 is 2.25 bits per heavy atom. The number of carbonyl (C=O) groups is 3. The Balaban J connectivity index is 1.98. The minimum Gasteiger partial charge on any atom is -0.480 e. The molecule has 7 nitrogen and oxygen atoms in total. The zero-order valence-corrected chi connectivity index (χ0v) is 15.6. The van der Waals surface area contributed by atoms with E-state index in [4.69, 9.17) is 9.84 Å². The number of carboxylic acid groups (broad SMARTS) is 1. The minimum absolute atomic E-state index is 0.149. The van der Waals surface area contributed by atoms with Crippen molar-refractivity contribution in [2.45, 2.75) is 31.9 Å². The van der Waals surface area contributed by atoms with Crippen LogP contribution in [-0.4, -0.2) is 59.6 Å². The summed E-state index contributed by atoms with van der Waals surface area (Å²) in [6, 6.07) is 2.59. The summed E-state index contributed by atoms with van der Waals surface area (Å²) >= 11 is 4.54. The molecule has 2 rings (SSSR count). The number of carbonyl (C=O) groups excluding carboxylic acids is 2. The standard InChI is InChI=1S/C15H19BrN2O5S/c1-9(17-14(21)11-4-5-12(16)24-11)15(22)18(8-13(19)20)7-10-3-2-6-23-10/h4-5,9-10H,2-3,6-8H2,1H3,(H,17,21)(H,19,20)/t9-,10+/m0/s1. The number of ether oxygens (including phenoxy) is 1. The minimum atomic E-state index is -1.10. The Morgan fingerprint density at radius 3 is 2.79 bits per heavy atom. The number of nitrogens with zero attached hydrogens (tertiary/aromatic N) is 1. The Labute approximate surface area is 152 Å². The molecule has 1 aliphatic rings. The second-order valence-corrected chi connectivity index (χ2v) is 8.01. The van der Waals surface area contributed by atoms with E-state index >= 15 is 0 Å². The van der Waals surface area contributed by atoms with Crippen LogP contribution in [0.3, 0.4) is 0 Å². The smallest absolute Gasteiger partial charge is 0.323 e. The molecule has 1 fully saturated rings. The molecule has 1 aromatic rings. The van der Waals surface area contributed by atoms with Gasteiger partial charge >= 0.3 is 5.97 Å². The van der Waals surface area contributed by atoms with E-state index in [1.807, 2.05) is 0 Å². The van der Waals surface area contributed by atoms with Crippen molar-refractivity contribution in [2.24, 2.45) is 0 Å². The molecular weight excluding hydrogens is 400 g/mol. The van der Waals surface area contributed by atoms with Gasteiger partial charge in [-0.15, -0.1) is 11.3 Å². The maximum Gasteiger partial charge on any atom is 0.323 e. The van der Waals surface area contributed by atoms with Crippen molar-refractivity contribution >= 4 is 45.1 Å². The average molecular weight is 419 g/mol. The lowest BCUT2D eigenvalue weighted by Gasteiger charge is -2.26. The summed E-state index contributed by atoms with van der Waals surface area (Å²) in [5.41, 5.74) is 0. The fraction of sp³-hybridized carbons (Fsp3) is 0.533. The van der Waals surface area contributed by atoms with Crippen LogP contribution in [0.5, 0.6) is 0 Å².